The van der Waals surface area contributed by atoms with Gasteiger partial charge < -0.3 is 19.5 Å². The lowest BCUT2D eigenvalue weighted by molar-refractivity contribution is -0.129. The number of Topliss-reactive ketones (excluding diaryl/α,β-unsaturated/α-hetero) is 1. The molecule has 0 aliphatic carbocycles. The van der Waals surface area contributed by atoms with E-state index in [0.717, 1.165) is 0 Å². The van der Waals surface area contributed by atoms with Crippen molar-refractivity contribution in [1.82, 2.24) is 4.90 Å². The summed E-state index contributed by atoms with van der Waals surface area (Å²) in [5.74, 6) is -0.312. The van der Waals surface area contributed by atoms with Gasteiger partial charge in [-0.05, 0) is 35.6 Å². The molecule has 1 aliphatic heterocycles. The van der Waals surface area contributed by atoms with E-state index in [1.807, 2.05) is 6.92 Å². The van der Waals surface area contributed by atoms with Crippen LogP contribution in [-0.2, 0) is 4.79 Å². The van der Waals surface area contributed by atoms with Gasteiger partial charge in [-0.1, -0.05) is 19.1 Å². The Hall–Kier alpha value is -2.80. The van der Waals surface area contributed by atoms with Gasteiger partial charge in [0, 0.05) is 6.54 Å². The van der Waals surface area contributed by atoms with E-state index < -0.39 is 17.7 Å². The summed E-state index contributed by atoms with van der Waals surface area (Å²) in [5.41, 5.74) is 0.779. The average Bonchev–Trinajstić information content (AvgIpc) is 3.30. The summed E-state index contributed by atoms with van der Waals surface area (Å²) in [6, 6.07) is 8.02. The first-order valence-corrected chi connectivity index (χ1v) is 9.45. The van der Waals surface area contributed by atoms with Gasteiger partial charge in [0.15, 0.2) is 17.3 Å². The zero-order valence-corrected chi connectivity index (χ0v) is 16.2. The first kappa shape index (κ1) is 19.0. The van der Waals surface area contributed by atoms with Gasteiger partial charge in [-0.2, -0.15) is 0 Å². The SMILES string of the molecule is CCCN1C(=O)C(O)=C(C(=O)c2cccs2)C1c1ccc(OC)c(OC)c1. The highest BCUT2D eigenvalue weighted by Crippen LogP contribution is 2.42. The van der Waals surface area contributed by atoms with E-state index in [1.54, 1.807) is 35.7 Å². The van der Waals surface area contributed by atoms with Gasteiger partial charge in [0.2, 0.25) is 5.78 Å². The molecule has 2 heterocycles. The molecule has 1 aromatic carbocycles. The number of rotatable bonds is 7. The van der Waals surface area contributed by atoms with Gasteiger partial charge in [-0.25, -0.2) is 0 Å². The normalized spacial score (nSPS) is 16.8. The molecule has 0 fully saturated rings. The maximum Gasteiger partial charge on any atom is 0.290 e. The zero-order chi connectivity index (χ0) is 19.6. The van der Waals surface area contributed by atoms with Crippen LogP contribution in [0.5, 0.6) is 11.5 Å². The van der Waals surface area contributed by atoms with Crippen molar-refractivity contribution < 1.29 is 24.2 Å². The minimum absolute atomic E-state index is 0.100. The number of ether oxygens (including phenoxy) is 2. The lowest BCUT2D eigenvalue weighted by atomic mass is 9.95. The molecule has 0 radical (unpaired) electrons. The number of hydrogen-bond acceptors (Lipinski definition) is 6. The van der Waals surface area contributed by atoms with Crippen LogP contribution in [0.1, 0.15) is 34.6 Å². The topological polar surface area (TPSA) is 76.1 Å². The van der Waals surface area contributed by atoms with Gasteiger partial charge in [-0.3, -0.25) is 9.59 Å². The molecule has 1 aliphatic rings. The molecule has 3 rings (SSSR count). The van der Waals surface area contributed by atoms with Crippen LogP contribution in [0.25, 0.3) is 0 Å². The zero-order valence-electron chi connectivity index (χ0n) is 15.4. The van der Waals surface area contributed by atoms with E-state index in [0.29, 0.717) is 34.9 Å². The third-order valence-corrected chi connectivity index (χ3v) is 5.35. The Bertz CT molecular complexity index is 888. The van der Waals surface area contributed by atoms with Crippen molar-refractivity contribution in [1.29, 1.82) is 0 Å². The smallest absolute Gasteiger partial charge is 0.290 e. The van der Waals surface area contributed by atoms with Crippen molar-refractivity contribution in [2.75, 3.05) is 20.8 Å². The monoisotopic (exact) mass is 387 g/mol. The number of carbonyl (C=O) groups excluding carboxylic acids is 2. The van der Waals surface area contributed by atoms with Crippen LogP contribution in [0.15, 0.2) is 47.0 Å². The first-order valence-electron chi connectivity index (χ1n) is 8.57. The highest BCUT2D eigenvalue weighted by molar-refractivity contribution is 7.12. The molecule has 142 valence electrons. The third kappa shape index (κ3) is 3.30. The van der Waals surface area contributed by atoms with E-state index >= 15 is 0 Å². The molecule has 1 N–H and O–H groups in total. The van der Waals surface area contributed by atoms with Gasteiger partial charge in [0.1, 0.15) is 0 Å². The molecular weight excluding hydrogens is 366 g/mol. The van der Waals surface area contributed by atoms with Crippen molar-refractivity contribution in [3.8, 4) is 11.5 Å². The van der Waals surface area contributed by atoms with Gasteiger partial charge >= 0.3 is 0 Å². The summed E-state index contributed by atoms with van der Waals surface area (Å²) in [6.07, 6.45) is 0.698. The van der Waals surface area contributed by atoms with Crippen molar-refractivity contribution in [2.45, 2.75) is 19.4 Å². The molecule has 1 atom stereocenters. The fourth-order valence-corrected chi connectivity index (χ4v) is 3.94. The summed E-state index contributed by atoms with van der Waals surface area (Å²) in [4.78, 5) is 27.7. The van der Waals surface area contributed by atoms with Gasteiger partial charge in [0.25, 0.3) is 5.91 Å². The van der Waals surface area contributed by atoms with Crippen molar-refractivity contribution in [3.63, 3.8) is 0 Å². The van der Waals surface area contributed by atoms with E-state index in [9.17, 15) is 14.7 Å². The Balaban J connectivity index is 2.12. The highest BCUT2D eigenvalue weighted by atomic mass is 32.1. The van der Waals surface area contributed by atoms with Crippen molar-refractivity contribution >= 4 is 23.0 Å². The minimum atomic E-state index is -0.674. The molecule has 1 unspecified atom stereocenters. The number of aliphatic hydroxyl groups is 1. The second-order valence-electron chi connectivity index (χ2n) is 6.08. The van der Waals surface area contributed by atoms with Gasteiger partial charge in [-0.15, -0.1) is 11.3 Å². The number of hydrogen-bond donors (Lipinski definition) is 1. The van der Waals surface area contributed by atoms with Gasteiger partial charge in [0.05, 0.1) is 30.7 Å². The Labute approximate surface area is 161 Å². The molecule has 0 saturated carbocycles. The van der Waals surface area contributed by atoms with Crippen LogP contribution in [0.3, 0.4) is 0 Å². The largest absolute Gasteiger partial charge is 0.503 e. The second-order valence-corrected chi connectivity index (χ2v) is 7.03. The molecule has 0 spiro atoms. The number of thiophene rings is 1. The summed E-state index contributed by atoms with van der Waals surface area (Å²) >= 11 is 1.28. The Morgan fingerprint density at radius 1 is 1.22 bits per heavy atom. The molecule has 0 saturated heterocycles. The second kappa shape index (κ2) is 7.84. The minimum Gasteiger partial charge on any atom is -0.503 e. The standard InChI is InChI=1S/C20H21NO5S/c1-4-9-21-17(12-7-8-13(25-2)14(11-12)26-3)16(19(23)20(21)24)18(22)15-6-5-10-27-15/h5-8,10-11,17,23H,4,9H2,1-3H3. The molecule has 0 bridgehead atoms. The van der Waals surface area contributed by atoms with Crippen LogP contribution in [-0.4, -0.2) is 42.5 Å². The van der Waals surface area contributed by atoms with E-state index in [1.165, 1.54) is 30.5 Å². The summed E-state index contributed by atoms with van der Waals surface area (Å²) in [7, 11) is 3.06. The third-order valence-electron chi connectivity index (χ3n) is 4.48. The van der Waals surface area contributed by atoms with Crippen LogP contribution < -0.4 is 9.47 Å². The van der Waals surface area contributed by atoms with Crippen molar-refractivity contribution in [3.05, 3.63) is 57.5 Å². The maximum atomic E-state index is 13.0. The number of nitrogens with zero attached hydrogens (tertiary/aromatic N) is 1. The average molecular weight is 387 g/mol. The fourth-order valence-electron chi connectivity index (χ4n) is 3.27. The Kier molecular flexibility index (Phi) is 5.51. The van der Waals surface area contributed by atoms with E-state index in [-0.39, 0.29) is 11.4 Å². The Morgan fingerprint density at radius 3 is 2.56 bits per heavy atom. The summed E-state index contributed by atoms with van der Waals surface area (Å²) in [5, 5.41) is 12.3. The molecule has 1 amide bonds. The number of aliphatic hydroxyl groups excluding tert-OH is 1. The predicted molar refractivity (Wildman–Crippen MR) is 103 cm³/mol. The molecule has 2 aromatic rings. The molecule has 6 nitrogen and oxygen atoms in total. The van der Waals surface area contributed by atoms with Crippen LogP contribution in [0.2, 0.25) is 0 Å². The quantitative estimate of drug-likeness (QED) is 0.732. The molecular formula is C20H21NO5S. The maximum absolute atomic E-state index is 13.0. The molecule has 7 heteroatoms. The highest BCUT2D eigenvalue weighted by Gasteiger charge is 2.43. The summed E-state index contributed by atoms with van der Waals surface area (Å²) in [6.45, 7) is 2.36. The first-order chi connectivity index (χ1) is 13.0. The van der Waals surface area contributed by atoms with Crippen molar-refractivity contribution in [2.24, 2.45) is 0 Å². The molecule has 27 heavy (non-hydrogen) atoms. The lowest BCUT2D eigenvalue weighted by Gasteiger charge is -2.26. The number of carbonyl (C=O) groups is 2. The van der Waals surface area contributed by atoms with Crippen LogP contribution in [0.4, 0.5) is 0 Å². The predicted octanol–water partition coefficient (Wildman–Crippen LogP) is 3.75. The number of ketones is 1. The number of amides is 1. The van der Waals surface area contributed by atoms with E-state index in [2.05, 4.69) is 0 Å². The van der Waals surface area contributed by atoms with Crippen LogP contribution in [0, 0.1) is 0 Å². The fraction of sp³-hybridized carbons (Fsp3) is 0.300. The number of benzene rings is 1. The lowest BCUT2D eigenvalue weighted by Crippen LogP contribution is -2.31. The van der Waals surface area contributed by atoms with E-state index in [4.69, 9.17) is 9.47 Å². The Morgan fingerprint density at radius 2 is 1.96 bits per heavy atom. The van der Waals surface area contributed by atoms with Crippen LogP contribution >= 0.6 is 11.3 Å². The summed E-state index contributed by atoms with van der Waals surface area (Å²) < 4.78 is 10.6. The number of methoxy groups -OCH3 is 2. The molecule has 1 aromatic heterocycles.